The molecule has 0 spiro atoms. The minimum atomic E-state index is -0.472. The van der Waals surface area contributed by atoms with Crippen LogP contribution in [0.25, 0.3) is 0 Å². The second-order valence-corrected chi connectivity index (χ2v) is 7.20. The maximum atomic E-state index is 10.9. The van der Waals surface area contributed by atoms with Crippen molar-refractivity contribution in [3.8, 4) is 0 Å². The highest BCUT2D eigenvalue weighted by molar-refractivity contribution is 7.80. The molecule has 2 rings (SSSR count). The molecular weight excluding hydrogens is 368 g/mol. The van der Waals surface area contributed by atoms with Gasteiger partial charge < -0.3 is 15.5 Å². The summed E-state index contributed by atoms with van der Waals surface area (Å²) < 4.78 is 0. The van der Waals surface area contributed by atoms with Gasteiger partial charge in [-0.1, -0.05) is 17.7 Å². The Morgan fingerprint density at radius 2 is 2.21 bits per heavy atom. The number of quaternary nitrogens is 1. The molecule has 1 atom stereocenters. The number of likely N-dealkylation sites (N-methyl/N-ethyl adjacent to an activating group) is 1. The summed E-state index contributed by atoms with van der Waals surface area (Å²) in [7, 11) is 4.17. The van der Waals surface area contributed by atoms with Gasteiger partial charge in [-0.25, -0.2) is 0 Å². The Kier molecular flexibility index (Phi) is 6.50. The van der Waals surface area contributed by atoms with Crippen molar-refractivity contribution in [1.29, 1.82) is 0 Å². The first-order valence-electron chi connectivity index (χ1n) is 7.20. The molecule has 1 heterocycles. The van der Waals surface area contributed by atoms with Crippen LogP contribution in [0, 0.1) is 10.1 Å². The molecule has 0 aliphatic heterocycles. The Morgan fingerprint density at radius 3 is 2.79 bits per heavy atom. The van der Waals surface area contributed by atoms with E-state index >= 15 is 0 Å². The molecule has 0 radical (unpaired) electrons. The summed E-state index contributed by atoms with van der Waals surface area (Å²) in [6.45, 7) is 0.640. The number of anilines is 1. The van der Waals surface area contributed by atoms with Gasteiger partial charge in [0, 0.05) is 12.1 Å². The van der Waals surface area contributed by atoms with Gasteiger partial charge >= 0.3 is 0 Å². The lowest BCUT2D eigenvalue weighted by Gasteiger charge is -2.21. The van der Waals surface area contributed by atoms with Gasteiger partial charge in [0.25, 0.3) is 5.69 Å². The molecule has 3 N–H and O–H groups in total. The van der Waals surface area contributed by atoms with Gasteiger partial charge in [0.05, 0.1) is 41.2 Å². The van der Waals surface area contributed by atoms with E-state index in [4.69, 9.17) is 23.8 Å². The van der Waals surface area contributed by atoms with Gasteiger partial charge in [-0.05, 0) is 29.7 Å². The summed E-state index contributed by atoms with van der Waals surface area (Å²) in [4.78, 5) is 12.9. The summed E-state index contributed by atoms with van der Waals surface area (Å²) in [6.07, 6.45) is 0. The smallest absolute Gasteiger partial charge is 0.271 e. The summed E-state index contributed by atoms with van der Waals surface area (Å²) in [6, 6.07) is 8.57. The Balaban J connectivity index is 2.00. The molecule has 0 amide bonds. The first-order valence-corrected chi connectivity index (χ1v) is 8.87. The van der Waals surface area contributed by atoms with Crippen LogP contribution < -0.4 is 15.5 Å². The third kappa shape index (κ3) is 4.88. The molecule has 1 aromatic heterocycles. The van der Waals surface area contributed by atoms with Gasteiger partial charge in [0.2, 0.25) is 0 Å². The third-order valence-electron chi connectivity index (χ3n) is 3.46. The topological polar surface area (TPSA) is 71.6 Å². The molecule has 6 nitrogen and oxygen atoms in total. The number of thiophene rings is 1. The number of hydrogen-bond acceptors (Lipinski definition) is 4. The predicted octanol–water partition coefficient (Wildman–Crippen LogP) is 2.48. The fourth-order valence-corrected chi connectivity index (χ4v) is 3.48. The van der Waals surface area contributed by atoms with E-state index < -0.39 is 4.92 Å². The van der Waals surface area contributed by atoms with Crippen LogP contribution in [0.3, 0.4) is 0 Å². The summed E-state index contributed by atoms with van der Waals surface area (Å²) in [5.41, 5.74) is 0.368. The van der Waals surface area contributed by atoms with E-state index in [1.54, 1.807) is 11.3 Å². The van der Waals surface area contributed by atoms with E-state index in [1.165, 1.54) is 28.0 Å². The van der Waals surface area contributed by atoms with Crippen LogP contribution in [0.5, 0.6) is 0 Å². The van der Waals surface area contributed by atoms with E-state index in [2.05, 4.69) is 30.8 Å². The highest BCUT2D eigenvalue weighted by Crippen LogP contribution is 2.26. The first kappa shape index (κ1) is 18.6. The lowest BCUT2D eigenvalue weighted by Crippen LogP contribution is -3.06. The molecule has 0 fully saturated rings. The molecule has 0 aliphatic carbocycles. The van der Waals surface area contributed by atoms with Crippen molar-refractivity contribution >= 4 is 51.6 Å². The van der Waals surface area contributed by atoms with Crippen LogP contribution in [-0.4, -0.2) is 30.7 Å². The van der Waals surface area contributed by atoms with Gasteiger partial charge in [0.15, 0.2) is 5.11 Å². The van der Waals surface area contributed by atoms with Crippen LogP contribution in [0.4, 0.5) is 11.4 Å². The summed E-state index contributed by atoms with van der Waals surface area (Å²) in [5, 5.41) is 19.7. The summed E-state index contributed by atoms with van der Waals surface area (Å²) in [5.74, 6) is 0. The number of non-ortho nitro benzene ring substituents is 1. The fourth-order valence-electron chi connectivity index (χ4n) is 2.16. The van der Waals surface area contributed by atoms with Crippen molar-refractivity contribution in [1.82, 2.24) is 5.32 Å². The number of nitro benzene ring substituents is 1. The molecule has 0 aliphatic rings. The zero-order valence-corrected chi connectivity index (χ0v) is 15.6. The van der Waals surface area contributed by atoms with Crippen LogP contribution in [0.2, 0.25) is 5.02 Å². The molecule has 0 bridgehead atoms. The number of benzene rings is 1. The Hall–Kier alpha value is -1.74. The minimum absolute atomic E-state index is 0.0427. The maximum absolute atomic E-state index is 10.9. The number of nitrogens with zero attached hydrogens (tertiary/aromatic N) is 1. The maximum Gasteiger partial charge on any atom is 0.271 e. The number of nitrogens with one attached hydrogen (secondary N) is 3. The van der Waals surface area contributed by atoms with Crippen molar-refractivity contribution in [2.45, 2.75) is 6.04 Å². The van der Waals surface area contributed by atoms with Crippen LogP contribution >= 0.6 is 35.2 Å². The molecule has 9 heteroatoms. The van der Waals surface area contributed by atoms with Gasteiger partial charge in [-0.2, -0.15) is 0 Å². The van der Waals surface area contributed by atoms with E-state index in [-0.39, 0.29) is 11.7 Å². The van der Waals surface area contributed by atoms with Crippen LogP contribution in [-0.2, 0) is 0 Å². The second-order valence-electron chi connectivity index (χ2n) is 5.40. The Bertz CT molecular complexity index is 722. The van der Waals surface area contributed by atoms with E-state index in [0.29, 0.717) is 22.4 Å². The average molecular weight is 386 g/mol. The van der Waals surface area contributed by atoms with Gasteiger partial charge in [0.1, 0.15) is 6.04 Å². The number of thiocarbonyl (C=S) groups is 1. The monoisotopic (exact) mass is 385 g/mol. The minimum Gasteiger partial charge on any atom is -0.356 e. The lowest BCUT2D eigenvalue weighted by molar-refractivity contribution is -0.890. The predicted molar refractivity (Wildman–Crippen MR) is 102 cm³/mol. The molecule has 0 unspecified atom stereocenters. The second kappa shape index (κ2) is 8.39. The largest absolute Gasteiger partial charge is 0.356 e. The SMILES string of the molecule is C[NH+](C)[C@@H](CNC(=S)Nc1cc([N+](=O)[O-])ccc1Cl)c1cccs1. The Morgan fingerprint density at radius 1 is 1.46 bits per heavy atom. The molecule has 128 valence electrons. The fraction of sp³-hybridized carbons (Fsp3) is 0.267. The van der Waals surface area contributed by atoms with Gasteiger partial charge in [-0.3, -0.25) is 10.1 Å². The molecule has 0 saturated carbocycles. The third-order valence-corrected chi connectivity index (χ3v) is 5.02. The van der Waals surface area contributed by atoms with Crippen molar-refractivity contribution < 1.29 is 9.82 Å². The molecule has 2 aromatic rings. The van der Waals surface area contributed by atoms with Crippen LogP contribution in [0.15, 0.2) is 35.7 Å². The number of rotatable bonds is 6. The quantitative estimate of drug-likeness (QED) is 0.405. The highest BCUT2D eigenvalue weighted by Gasteiger charge is 2.19. The van der Waals surface area contributed by atoms with Crippen LogP contribution in [0.1, 0.15) is 10.9 Å². The van der Waals surface area contributed by atoms with E-state index in [9.17, 15) is 10.1 Å². The average Bonchev–Trinajstić information content (AvgIpc) is 3.03. The number of halogens is 1. The van der Waals surface area contributed by atoms with Crippen molar-refractivity contribution in [3.63, 3.8) is 0 Å². The summed E-state index contributed by atoms with van der Waals surface area (Å²) >= 11 is 13.0. The van der Waals surface area contributed by atoms with Crippen molar-refractivity contribution in [3.05, 3.63) is 55.7 Å². The van der Waals surface area contributed by atoms with Gasteiger partial charge in [-0.15, -0.1) is 11.3 Å². The number of hydrogen-bond donors (Lipinski definition) is 3. The first-order chi connectivity index (χ1) is 11.4. The molecular formula is C15H18ClN4O2S2+. The zero-order chi connectivity index (χ0) is 17.7. The van der Waals surface area contributed by atoms with E-state index in [0.717, 1.165) is 0 Å². The van der Waals surface area contributed by atoms with Crippen molar-refractivity contribution in [2.24, 2.45) is 0 Å². The van der Waals surface area contributed by atoms with E-state index in [1.807, 2.05) is 11.4 Å². The highest BCUT2D eigenvalue weighted by atomic mass is 35.5. The normalized spacial score (nSPS) is 12.0. The number of nitro groups is 1. The van der Waals surface area contributed by atoms with Crippen molar-refractivity contribution in [2.75, 3.05) is 26.0 Å². The lowest BCUT2D eigenvalue weighted by atomic mass is 10.2. The Labute approximate surface area is 154 Å². The molecule has 0 saturated heterocycles. The zero-order valence-electron chi connectivity index (χ0n) is 13.2. The molecule has 1 aromatic carbocycles. The molecule has 24 heavy (non-hydrogen) atoms. The standard InChI is InChI=1S/C15H17ClN4O2S2/c1-19(2)13(14-4-3-7-24-14)9-17-15(23)18-12-8-10(20(21)22)5-6-11(12)16/h3-8,13H,9H2,1-2H3,(H2,17,18,23)/p+1/t13-/m0/s1.